The van der Waals surface area contributed by atoms with Gasteiger partial charge in [-0.2, -0.15) is 0 Å². The van der Waals surface area contributed by atoms with Crippen LogP contribution in [0.1, 0.15) is 17.2 Å². The fourth-order valence-electron chi connectivity index (χ4n) is 3.19. The quantitative estimate of drug-likeness (QED) is 0.475. The van der Waals surface area contributed by atoms with E-state index >= 15 is 0 Å². The Morgan fingerprint density at radius 2 is 2.27 bits per heavy atom. The number of non-ortho nitro benzene ring substituents is 1. The number of carbonyl (C=O) groups is 1. The highest BCUT2D eigenvalue weighted by Gasteiger charge is 2.34. The van der Waals surface area contributed by atoms with E-state index in [9.17, 15) is 14.9 Å². The van der Waals surface area contributed by atoms with Crippen LogP contribution in [0.15, 0.2) is 42.0 Å². The van der Waals surface area contributed by atoms with E-state index in [0.29, 0.717) is 12.1 Å². The molecule has 114 valence electrons. The van der Waals surface area contributed by atoms with Gasteiger partial charge in [0.15, 0.2) is 0 Å². The van der Waals surface area contributed by atoms with E-state index in [2.05, 4.69) is 11.5 Å². The number of carbonyl (C=O) groups excluding carboxylic acids is 1. The molecule has 0 radical (unpaired) electrons. The molecule has 0 aromatic heterocycles. The molecule has 1 aromatic rings. The maximum atomic E-state index is 11.7. The average Bonchev–Trinajstić information content (AvgIpc) is 2.52. The van der Waals surface area contributed by atoms with Gasteiger partial charge >= 0.3 is 5.97 Å². The summed E-state index contributed by atoms with van der Waals surface area (Å²) in [6.07, 6.45) is 2.53. The van der Waals surface area contributed by atoms with Crippen molar-refractivity contribution in [2.45, 2.75) is 12.5 Å². The first-order valence-electron chi connectivity index (χ1n) is 7.00. The van der Waals surface area contributed by atoms with Gasteiger partial charge in [-0.3, -0.25) is 15.0 Å². The van der Waals surface area contributed by atoms with Crippen molar-refractivity contribution in [1.82, 2.24) is 4.90 Å². The Kier molecular flexibility index (Phi) is 3.54. The van der Waals surface area contributed by atoms with Gasteiger partial charge in [0.2, 0.25) is 0 Å². The summed E-state index contributed by atoms with van der Waals surface area (Å²) in [4.78, 5) is 24.5. The molecule has 2 heterocycles. The predicted molar refractivity (Wildman–Crippen MR) is 80.4 cm³/mol. The minimum atomic E-state index is -0.388. The average molecular weight is 300 g/mol. The summed E-state index contributed by atoms with van der Waals surface area (Å²) < 4.78 is 4.77. The lowest BCUT2D eigenvalue weighted by atomic mass is 9.85. The van der Waals surface area contributed by atoms with Crippen LogP contribution in [-0.4, -0.2) is 36.0 Å². The molecule has 6 nitrogen and oxygen atoms in total. The second-order valence-corrected chi connectivity index (χ2v) is 5.50. The Labute approximate surface area is 127 Å². The number of ether oxygens (including phenoxy) is 1. The molecule has 2 aliphatic heterocycles. The Morgan fingerprint density at radius 3 is 2.95 bits per heavy atom. The van der Waals surface area contributed by atoms with Gasteiger partial charge in [0, 0.05) is 25.2 Å². The molecular weight excluding hydrogens is 284 g/mol. The van der Waals surface area contributed by atoms with Gasteiger partial charge in [-0.05, 0) is 29.2 Å². The minimum Gasteiger partial charge on any atom is -0.466 e. The first-order valence-corrected chi connectivity index (χ1v) is 7.00. The van der Waals surface area contributed by atoms with E-state index in [1.807, 2.05) is 6.07 Å². The summed E-state index contributed by atoms with van der Waals surface area (Å²) in [6, 6.07) is 4.86. The molecule has 1 unspecified atom stereocenters. The second-order valence-electron chi connectivity index (χ2n) is 5.50. The number of fused-ring (bicyclic) bond motifs is 3. The lowest BCUT2D eigenvalue weighted by Crippen LogP contribution is -2.41. The topological polar surface area (TPSA) is 72.7 Å². The largest absolute Gasteiger partial charge is 0.466 e. The van der Waals surface area contributed by atoms with Crippen molar-refractivity contribution < 1.29 is 14.5 Å². The van der Waals surface area contributed by atoms with Crippen molar-refractivity contribution in [3.05, 3.63) is 63.2 Å². The monoisotopic (exact) mass is 300 g/mol. The van der Waals surface area contributed by atoms with Crippen LogP contribution in [0.3, 0.4) is 0 Å². The predicted octanol–water partition coefficient (Wildman–Crippen LogP) is 2.16. The molecule has 0 bridgehead atoms. The molecule has 1 aromatic carbocycles. The van der Waals surface area contributed by atoms with Crippen LogP contribution in [-0.2, 0) is 16.0 Å². The fourth-order valence-corrected chi connectivity index (χ4v) is 3.19. The standard InChI is InChI=1S/C16H16N2O4/c1-10-7-12(16(19)22-2)9-17-6-5-11-3-4-13(18(20)21)8-14(11)15(10)17/h3-4,7-8,15H,1,5-6,9H2,2H3. The maximum Gasteiger partial charge on any atom is 0.335 e. The Balaban J connectivity index is 2.02. The molecule has 0 saturated carbocycles. The summed E-state index contributed by atoms with van der Waals surface area (Å²) in [6.45, 7) is 5.29. The maximum absolute atomic E-state index is 11.7. The van der Waals surface area contributed by atoms with Gasteiger partial charge in [-0.15, -0.1) is 0 Å². The van der Waals surface area contributed by atoms with E-state index in [4.69, 9.17) is 4.74 Å². The number of rotatable bonds is 2. The van der Waals surface area contributed by atoms with Crippen LogP contribution in [0.4, 0.5) is 5.69 Å². The molecule has 0 fully saturated rings. The number of nitro groups is 1. The van der Waals surface area contributed by atoms with Gasteiger partial charge in [0.25, 0.3) is 5.69 Å². The Hall–Kier alpha value is -2.47. The van der Waals surface area contributed by atoms with E-state index in [1.165, 1.54) is 13.2 Å². The molecule has 0 amide bonds. The van der Waals surface area contributed by atoms with Gasteiger partial charge in [0.05, 0.1) is 23.6 Å². The summed E-state index contributed by atoms with van der Waals surface area (Å²) in [5, 5.41) is 11.0. The summed E-state index contributed by atoms with van der Waals surface area (Å²) in [5.41, 5.74) is 3.41. The highest BCUT2D eigenvalue weighted by atomic mass is 16.6. The third-order valence-corrected chi connectivity index (χ3v) is 4.20. The lowest BCUT2D eigenvalue weighted by Gasteiger charge is -2.40. The van der Waals surface area contributed by atoms with Gasteiger partial charge < -0.3 is 4.74 Å². The van der Waals surface area contributed by atoms with E-state index < -0.39 is 0 Å². The van der Waals surface area contributed by atoms with E-state index in [-0.39, 0.29) is 22.6 Å². The molecular formula is C16H16N2O4. The van der Waals surface area contributed by atoms with Crippen molar-refractivity contribution in [1.29, 1.82) is 0 Å². The zero-order chi connectivity index (χ0) is 15.9. The summed E-state index contributed by atoms with van der Waals surface area (Å²) in [5.74, 6) is -0.357. The van der Waals surface area contributed by atoms with E-state index in [1.54, 1.807) is 12.1 Å². The molecule has 0 spiro atoms. The number of esters is 1. The number of nitro benzene ring substituents is 1. The van der Waals surface area contributed by atoms with Crippen LogP contribution in [0, 0.1) is 10.1 Å². The van der Waals surface area contributed by atoms with Gasteiger partial charge in [-0.25, -0.2) is 4.79 Å². The van der Waals surface area contributed by atoms with Crippen LogP contribution in [0.25, 0.3) is 0 Å². The van der Waals surface area contributed by atoms with E-state index in [0.717, 1.165) is 29.7 Å². The van der Waals surface area contributed by atoms with Crippen LogP contribution in [0.5, 0.6) is 0 Å². The highest BCUT2D eigenvalue weighted by Crippen LogP contribution is 2.40. The SMILES string of the molecule is C=C1C=C(C(=O)OC)CN2CCc3ccc([N+](=O)[O-])cc3C12. The number of benzene rings is 1. The third kappa shape index (κ3) is 2.31. The first-order chi connectivity index (χ1) is 10.5. The molecule has 6 heteroatoms. The normalized spacial score (nSPS) is 20.7. The smallest absolute Gasteiger partial charge is 0.335 e. The summed E-state index contributed by atoms with van der Waals surface area (Å²) in [7, 11) is 1.35. The fraction of sp³-hybridized carbons (Fsp3) is 0.312. The first kappa shape index (κ1) is 14.5. The van der Waals surface area contributed by atoms with Crippen molar-refractivity contribution in [2.75, 3.05) is 20.2 Å². The molecule has 22 heavy (non-hydrogen) atoms. The Bertz CT molecular complexity index is 708. The van der Waals surface area contributed by atoms with Crippen LogP contribution >= 0.6 is 0 Å². The van der Waals surface area contributed by atoms with Gasteiger partial charge in [-0.1, -0.05) is 12.6 Å². The number of nitrogens with zero attached hydrogens (tertiary/aromatic N) is 2. The molecule has 3 rings (SSSR count). The van der Waals surface area contributed by atoms with Crippen LogP contribution in [0.2, 0.25) is 0 Å². The lowest BCUT2D eigenvalue weighted by molar-refractivity contribution is -0.385. The molecule has 0 N–H and O–H groups in total. The zero-order valence-electron chi connectivity index (χ0n) is 12.2. The van der Waals surface area contributed by atoms with Crippen molar-refractivity contribution in [3.63, 3.8) is 0 Å². The summed E-state index contributed by atoms with van der Waals surface area (Å²) >= 11 is 0. The number of hydrogen-bond donors (Lipinski definition) is 0. The minimum absolute atomic E-state index is 0.0798. The Morgan fingerprint density at radius 1 is 1.50 bits per heavy atom. The van der Waals surface area contributed by atoms with Crippen molar-refractivity contribution in [2.24, 2.45) is 0 Å². The highest BCUT2D eigenvalue weighted by molar-refractivity contribution is 5.90. The third-order valence-electron chi connectivity index (χ3n) is 4.20. The van der Waals surface area contributed by atoms with Crippen molar-refractivity contribution in [3.8, 4) is 0 Å². The second kappa shape index (κ2) is 5.38. The molecule has 2 aliphatic rings. The van der Waals surface area contributed by atoms with Crippen LogP contribution < -0.4 is 0 Å². The number of hydrogen-bond acceptors (Lipinski definition) is 5. The number of methoxy groups -OCH3 is 1. The molecule has 0 aliphatic carbocycles. The molecule has 0 saturated heterocycles. The zero-order valence-corrected chi connectivity index (χ0v) is 12.2. The van der Waals surface area contributed by atoms with Crippen molar-refractivity contribution >= 4 is 11.7 Å². The van der Waals surface area contributed by atoms with Gasteiger partial charge in [0.1, 0.15) is 0 Å². The molecule has 1 atom stereocenters.